The van der Waals surface area contributed by atoms with Crippen molar-refractivity contribution in [1.82, 2.24) is 0 Å². The molecule has 4 heteroatoms. The summed E-state index contributed by atoms with van der Waals surface area (Å²) in [7, 11) is 0. The van der Waals surface area contributed by atoms with Crippen LogP contribution in [0.4, 0.5) is 0 Å². The first-order valence-corrected chi connectivity index (χ1v) is 5.74. The number of halogens is 1. The number of alkyl halides is 1. The maximum absolute atomic E-state index is 11.7. The van der Waals surface area contributed by atoms with Gasteiger partial charge in [-0.25, -0.2) is 0 Å². The molecule has 0 saturated carbocycles. The summed E-state index contributed by atoms with van der Waals surface area (Å²) in [5, 5.41) is 9.05. The second-order valence-corrected chi connectivity index (χ2v) is 5.82. The number of rotatable bonds is 3. The van der Waals surface area contributed by atoms with E-state index in [1.54, 1.807) is 12.1 Å². The van der Waals surface area contributed by atoms with E-state index < -0.39 is 3.42 Å². The van der Waals surface area contributed by atoms with Crippen LogP contribution in [-0.4, -0.2) is 14.5 Å². The normalized spacial score (nSPS) is 14.3. The average Bonchev–Trinajstić information content (AvgIpc) is 2.21. The van der Waals surface area contributed by atoms with Gasteiger partial charge >= 0.3 is 5.97 Å². The van der Waals surface area contributed by atoms with Gasteiger partial charge in [-0.2, -0.15) is 0 Å². The molecular weight excluding hydrogens is 307 g/mol. The van der Waals surface area contributed by atoms with E-state index in [-0.39, 0.29) is 11.7 Å². The monoisotopic (exact) mass is 320 g/mol. The van der Waals surface area contributed by atoms with E-state index in [9.17, 15) is 4.79 Å². The topological polar surface area (TPSA) is 46.5 Å². The summed E-state index contributed by atoms with van der Waals surface area (Å²) in [6.45, 7) is 3.76. The fraction of sp³-hybridized carbons (Fsp3) is 0.364. The molecule has 0 heterocycles. The molecule has 0 aromatic heterocycles. The molecule has 0 aliphatic heterocycles. The molecule has 15 heavy (non-hydrogen) atoms. The molecule has 1 N–H and O–H groups in total. The van der Waals surface area contributed by atoms with Crippen LogP contribution in [0.1, 0.15) is 20.3 Å². The zero-order chi connectivity index (χ0) is 11.5. The number of esters is 1. The predicted molar refractivity (Wildman–Crippen MR) is 66.5 cm³/mol. The van der Waals surface area contributed by atoms with Crippen LogP contribution in [0.5, 0.6) is 11.5 Å². The number of ether oxygens (including phenoxy) is 1. The highest BCUT2D eigenvalue weighted by molar-refractivity contribution is 14.1. The third kappa shape index (κ3) is 3.37. The van der Waals surface area contributed by atoms with Crippen molar-refractivity contribution in [2.24, 2.45) is 0 Å². The number of carbonyl (C=O) groups is 1. The van der Waals surface area contributed by atoms with Crippen LogP contribution in [0.2, 0.25) is 0 Å². The maximum Gasteiger partial charge on any atom is 0.327 e. The molecule has 82 valence electrons. The van der Waals surface area contributed by atoms with Crippen molar-refractivity contribution in [2.45, 2.75) is 23.7 Å². The minimum absolute atomic E-state index is 0.155. The first kappa shape index (κ1) is 12.3. The summed E-state index contributed by atoms with van der Waals surface area (Å²) in [5.41, 5.74) is 0. The highest BCUT2D eigenvalue weighted by atomic mass is 127. The molecule has 0 fully saturated rings. The van der Waals surface area contributed by atoms with Crippen molar-refractivity contribution in [1.29, 1.82) is 0 Å². The van der Waals surface area contributed by atoms with Gasteiger partial charge in [0.2, 0.25) is 0 Å². The van der Waals surface area contributed by atoms with Crippen LogP contribution in [0.15, 0.2) is 24.3 Å². The Bertz CT molecular complexity index is 343. The molecule has 1 atom stereocenters. The summed E-state index contributed by atoms with van der Waals surface area (Å²) in [6, 6.07) is 6.10. The molecule has 0 bridgehead atoms. The molecule has 3 nitrogen and oxygen atoms in total. The van der Waals surface area contributed by atoms with Crippen molar-refractivity contribution in [3.8, 4) is 11.5 Å². The summed E-state index contributed by atoms with van der Waals surface area (Å²) < 4.78 is 4.66. The largest absolute Gasteiger partial charge is 0.508 e. The minimum atomic E-state index is -0.504. The lowest BCUT2D eigenvalue weighted by Crippen LogP contribution is -2.31. The Hall–Kier alpha value is -0.780. The molecule has 0 saturated heterocycles. The zero-order valence-electron chi connectivity index (χ0n) is 8.66. The number of carbonyl (C=O) groups excluding carboxylic acids is 1. The van der Waals surface area contributed by atoms with Gasteiger partial charge in [0.1, 0.15) is 14.9 Å². The Kier molecular flexibility index (Phi) is 3.96. The molecular formula is C11H13IO3. The molecule has 0 aliphatic rings. The van der Waals surface area contributed by atoms with Crippen molar-refractivity contribution in [2.75, 3.05) is 0 Å². The van der Waals surface area contributed by atoms with E-state index in [2.05, 4.69) is 22.6 Å². The Morgan fingerprint density at radius 1 is 1.47 bits per heavy atom. The lowest BCUT2D eigenvalue weighted by atomic mass is 10.1. The fourth-order valence-electron chi connectivity index (χ4n) is 0.872. The van der Waals surface area contributed by atoms with Gasteiger partial charge in [-0.05, 0) is 37.6 Å². The maximum atomic E-state index is 11.7. The van der Waals surface area contributed by atoms with Crippen LogP contribution in [0.25, 0.3) is 0 Å². The number of aromatic hydroxyl groups is 1. The molecule has 0 radical (unpaired) electrons. The predicted octanol–water partition coefficient (Wildman–Crippen LogP) is 2.90. The van der Waals surface area contributed by atoms with Gasteiger partial charge in [0.25, 0.3) is 0 Å². The van der Waals surface area contributed by atoms with Crippen molar-refractivity contribution < 1.29 is 14.6 Å². The summed E-state index contributed by atoms with van der Waals surface area (Å²) >= 11 is 2.08. The quantitative estimate of drug-likeness (QED) is 0.403. The van der Waals surface area contributed by atoms with Crippen LogP contribution < -0.4 is 4.74 Å². The zero-order valence-corrected chi connectivity index (χ0v) is 10.8. The Labute approximate surface area is 103 Å². The van der Waals surface area contributed by atoms with Gasteiger partial charge in [0.05, 0.1) is 0 Å². The molecule has 0 spiro atoms. The third-order valence-electron chi connectivity index (χ3n) is 2.14. The Morgan fingerprint density at radius 3 is 2.47 bits per heavy atom. The van der Waals surface area contributed by atoms with Gasteiger partial charge < -0.3 is 9.84 Å². The lowest BCUT2D eigenvalue weighted by Gasteiger charge is -2.18. The second kappa shape index (κ2) is 4.83. The lowest BCUT2D eigenvalue weighted by molar-refractivity contribution is -0.136. The van der Waals surface area contributed by atoms with E-state index in [1.807, 2.05) is 13.8 Å². The second-order valence-electron chi connectivity index (χ2n) is 3.43. The highest BCUT2D eigenvalue weighted by Crippen LogP contribution is 2.25. The van der Waals surface area contributed by atoms with E-state index in [4.69, 9.17) is 9.84 Å². The van der Waals surface area contributed by atoms with E-state index >= 15 is 0 Å². The smallest absolute Gasteiger partial charge is 0.327 e. The molecule has 1 aromatic carbocycles. The highest BCUT2D eigenvalue weighted by Gasteiger charge is 2.29. The van der Waals surface area contributed by atoms with Crippen LogP contribution in [0, 0.1) is 0 Å². The molecule has 0 amide bonds. The number of hydrogen-bond acceptors (Lipinski definition) is 3. The van der Waals surface area contributed by atoms with Crippen molar-refractivity contribution in [3.63, 3.8) is 0 Å². The van der Waals surface area contributed by atoms with Crippen molar-refractivity contribution >= 4 is 28.6 Å². The standard InChI is InChI=1S/C11H13IO3/c1-3-11(2,12)10(14)15-9-6-4-8(13)5-7-9/h4-7,13H,3H2,1-2H3. The van der Waals surface area contributed by atoms with Crippen LogP contribution in [-0.2, 0) is 4.79 Å². The molecule has 0 aliphatic carbocycles. The summed E-state index contributed by atoms with van der Waals surface area (Å²) in [5.74, 6) is 0.341. The van der Waals surface area contributed by atoms with Crippen molar-refractivity contribution in [3.05, 3.63) is 24.3 Å². The summed E-state index contributed by atoms with van der Waals surface area (Å²) in [6.07, 6.45) is 0.713. The first-order chi connectivity index (χ1) is 6.95. The average molecular weight is 320 g/mol. The summed E-state index contributed by atoms with van der Waals surface area (Å²) in [4.78, 5) is 11.7. The van der Waals surface area contributed by atoms with Gasteiger partial charge in [0, 0.05) is 0 Å². The van der Waals surface area contributed by atoms with E-state index in [0.717, 1.165) is 0 Å². The molecule has 1 unspecified atom stereocenters. The van der Waals surface area contributed by atoms with E-state index in [0.29, 0.717) is 12.2 Å². The molecule has 1 rings (SSSR count). The minimum Gasteiger partial charge on any atom is -0.508 e. The van der Waals surface area contributed by atoms with Crippen LogP contribution in [0.3, 0.4) is 0 Å². The first-order valence-electron chi connectivity index (χ1n) is 4.66. The third-order valence-corrected chi connectivity index (χ3v) is 3.34. The Morgan fingerprint density at radius 2 is 2.00 bits per heavy atom. The molecule has 1 aromatic rings. The van der Waals surface area contributed by atoms with Gasteiger partial charge in [-0.15, -0.1) is 0 Å². The van der Waals surface area contributed by atoms with Gasteiger partial charge in [-0.3, -0.25) is 4.79 Å². The van der Waals surface area contributed by atoms with Gasteiger partial charge in [-0.1, -0.05) is 29.5 Å². The van der Waals surface area contributed by atoms with Crippen LogP contribution >= 0.6 is 22.6 Å². The van der Waals surface area contributed by atoms with Gasteiger partial charge in [0.15, 0.2) is 0 Å². The number of phenols is 1. The number of benzene rings is 1. The fourth-order valence-corrected chi connectivity index (χ4v) is 0.982. The SMILES string of the molecule is CCC(C)(I)C(=O)Oc1ccc(O)cc1. The Balaban J connectivity index is 2.71. The van der Waals surface area contributed by atoms with E-state index in [1.165, 1.54) is 12.1 Å². The number of hydrogen-bond donors (Lipinski definition) is 1. The number of phenolic OH excluding ortho intramolecular Hbond substituents is 1.